The van der Waals surface area contributed by atoms with Crippen molar-refractivity contribution < 1.29 is 13.2 Å². The Morgan fingerprint density at radius 1 is 1.04 bits per heavy atom. The van der Waals surface area contributed by atoms with Crippen LogP contribution in [0.5, 0.6) is 0 Å². The molecule has 0 aromatic heterocycles. The van der Waals surface area contributed by atoms with Gasteiger partial charge in [0.1, 0.15) is 5.83 Å². The van der Waals surface area contributed by atoms with E-state index in [1.54, 1.807) is 12.1 Å². The molecule has 0 heterocycles. The third-order valence-corrected chi connectivity index (χ3v) is 6.14. The van der Waals surface area contributed by atoms with E-state index in [0.717, 1.165) is 19.3 Å². The monoisotopic (exact) mass is 362 g/mol. The van der Waals surface area contributed by atoms with Gasteiger partial charge in [-0.25, -0.2) is 13.2 Å². The van der Waals surface area contributed by atoms with Gasteiger partial charge in [0, 0.05) is 5.92 Å². The van der Waals surface area contributed by atoms with Gasteiger partial charge in [0.25, 0.3) is 0 Å². The third kappa shape index (κ3) is 3.92. The van der Waals surface area contributed by atoms with Crippen LogP contribution in [0.4, 0.5) is 13.2 Å². The van der Waals surface area contributed by atoms with Gasteiger partial charge < -0.3 is 0 Å². The Labute approximate surface area is 155 Å². The lowest BCUT2D eigenvalue weighted by atomic mass is 9.69. The summed E-state index contributed by atoms with van der Waals surface area (Å²) in [5, 5.41) is 0. The average molecular weight is 362 g/mol. The third-order valence-electron chi connectivity index (χ3n) is 6.14. The van der Waals surface area contributed by atoms with Crippen LogP contribution in [0, 0.1) is 11.8 Å². The van der Waals surface area contributed by atoms with Gasteiger partial charge in [-0.1, -0.05) is 75.8 Å². The fourth-order valence-electron chi connectivity index (χ4n) is 4.49. The first-order valence-corrected chi connectivity index (χ1v) is 10.0. The minimum Gasteiger partial charge on any atom is -0.239 e. The van der Waals surface area contributed by atoms with Crippen molar-refractivity contribution in [3.63, 3.8) is 0 Å². The Hall–Kier alpha value is -1.51. The maximum absolute atomic E-state index is 15.5. The van der Waals surface area contributed by atoms with Crippen LogP contribution in [-0.2, 0) is 0 Å². The molecule has 0 N–H and O–H groups in total. The molecular weight excluding hydrogens is 333 g/mol. The van der Waals surface area contributed by atoms with Crippen LogP contribution in [0.1, 0.15) is 63.9 Å². The van der Waals surface area contributed by atoms with Crippen molar-refractivity contribution in [2.45, 2.75) is 70.1 Å². The standard InChI is InChI=1S/C23H29F3/c1-2-3-5-8-17-11-13-20(14-12-17)23(26)21(24)15-19(16-22(23)25)18-9-6-4-7-10-18/h4,6-7,9-10,15-17,20-21H,2-3,5,8,11-14H2,1H3. The van der Waals surface area contributed by atoms with E-state index in [1.807, 2.05) is 18.2 Å². The van der Waals surface area contributed by atoms with Gasteiger partial charge in [0.2, 0.25) is 0 Å². The van der Waals surface area contributed by atoms with E-state index in [9.17, 15) is 8.78 Å². The Kier molecular flexibility index (Phi) is 6.26. The molecule has 2 unspecified atom stereocenters. The van der Waals surface area contributed by atoms with Crippen LogP contribution in [0.3, 0.4) is 0 Å². The number of benzene rings is 1. The van der Waals surface area contributed by atoms with E-state index in [-0.39, 0.29) is 0 Å². The molecule has 0 aliphatic heterocycles. The highest BCUT2D eigenvalue weighted by molar-refractivity contribution is 5.77. The summed E-state index contributed by atoms with van der Waals surface area (Å²) < 4.78 is 45.1. The summed E-state index contributed by atoms with van der Waals surface area (Å²) in [6.45, 7) is 2.18. The lowest BCUT2D eigenvalue weighted by Gasteiger charge is -2.40. The Bertz CT molecular complexity index is 641. The molecule has 1 aromatic carbocycles. The van der Waals surface area contributed by atoms with Crippen LogP contribution >= 0.6 is 0 Å². The van der Waals surface area contributed by atoms with E-state index in [1.165, 1.54) is 31.4 Å². The minimum absolute atomic E-state index is 0.428. The second-order valence-electron chi connectivity index (χ2n) is 7.86. The largest absolute Gasteiger partial charge is 0.239 e. The van der Waals surface area contributed by atoms with Gasteiger partial charge in [-0.15, -0.1) is 0 Å². The van der Waals surface area contributed by atoms with Crippen molar-refractivity contribution in [2.75, 3.05) is 0 Å². The van der Waals surface area contributed by atoms with Gasteiger partial charge in [-0.05, 0) is 42.0 Å². The molecule has 26 heavy (non-hydrogen) atoms. The van der Waals surface area contributed by atoms with Crippen molar-refractivity contribution in [1.29, 1.82) is 0 Å². The van der Waals surface area contributed by atoms with E-state index in [4.69, 9.17) is 0 Å². The average Bonchev–Trinajstić information content (AvgIpc) is 2.67. The quantitative estimate of drug-likeness (QED) is 0.463. The topological polar surface area (TPSA) is 0 Å². The Morgan fingerprint density at radius 3 is 2.35 bits per heavy atom. The number of hydrogen-bond donors (Lipinski definition) is 0. The molecule has 3 heteroatoms. The lowest BCUT2D eigenvalue weighted by Crippen LogP contribution is -2.45. The first kappa shape index (κ1) is 19.3. The number of unbranched alkanes of at least 4 members (excludes halogenated alkanes) is 2. The molecular formula is C23H29F3. The number of allylic oxidation sites excluding steroid dienone is 4. The highest BCUT2D eigenvalue weighted by Crippen LogP contribution is 2.49. The Balaban J connectivity index is 1.67. The molecule has 0 bridgehead atoms. The zero-order valence-corrected chi connectivity index (χ0v) is 15.6. The van der Waals surface area contributed by atoms with Crippen molar-refractivity contribution in [3.05, 3.63) is 53.9 Å². The maximum Gasteiger partial charge on any atom is 0.199 e. The predicted octanol–water partition coefficient (Wildman–Crippen LogP) is 7.37. The molecule has 0 saturated heterocycles. The normalized spacial score (nSPS) is 32.1. The lowest BCUT2D eigenvalue weighted by molar-refractivity contribution is 0.00457. The van der Waals surface area contributed by atoms with Gasteiger partial charge in [-0.2, -0.15) is 0 Å². The molecule has 0 radical (unpaired) electrons. The summed E-state index contributed by atoms with van der Waals surface area (Å²) in [5.41, 5.74) is -1.35. The van der Waals surface area contributed by atoms with Crippen LogP contribution < -0.4 is 0 Å². The molecule has 2 aliphatic rings. The Morgan fingerprint density at radius 2 is 1.73 bits per heavy atom. The van der Waals surface area contributed by atoms with Gasteiger partial charge in [0.05, 0.1) is 0 Å². The second kappa shape index (κ2) is 8.45. The zero-order chi connectivity index (χ0) is 18.6. The minimum atomic E-state index is -2.49. The molecule has 1 saturated carbocycles. The highest BCUT2D eigenvalue weighted by Gasteiger charge is 2.52. The summed E-state index contributed by atoms with van der Waals surface area (Å²) in [7, 11) is 0. The van der Waals surface area contributed by atoms with Crippen LogP contribution in [0.15, 0.2) is 48.3 Å². The van der Waals surface area contributed by atoms with Gasteiger partial charge in [-0.3, -0.25) is 0 Å². The van der Waals surface area contributed by atoms with E-state index < -0.39 is 23.6 Å². The summed E-state index contributed by atoms with van der Waals surface area (Å²) in [5.74, 6) is -0.920. The molecule has 142 valence electrons. The fraction of sp³-hybridized carbons (Fsp3) is 0.565. The maximum atomic E-state index is 15.5. The molecule has 0 spiro atoms. The van der Waals surface area contributed by atoms with E-state index in [2.05, 4.69) is 6.92 Å². The predicted molar refractivity (Wildman–Crippen MR) is 102 cm³/mol. The summed E-state index contributed by atoms with van der Waals surface area (Å²) in [6.07, 6.45) is 8.22. The number of alkyl halides is 2. The summed E-state index contributed by atoms with van der Waals surface area (Å²) >= 11 is 0. The smallest absolute Gasteiger partial charge is 0.199 e. The molecule has 1 fully saturated rings. The SMILES string of the molecule is CCCCCC1CCC(C2(F)C(F)=CC(c3ccccc3)=CC2F)CC1. The van der Waals surface area contributed by atoms with Gasteiger partial charge in [0.15, 0.2) is 11.8 Å². The second-order valence-corrected chi connectivity index (χ2v) is 7.86. The van der Waals surface area contributed by atoms with Crippen molar-refractivity contribution in [1.82, 2.24) is 0 Å². The zero-order valence-electron chi connectivity index (χ0n) is 15.6. The van der Waals surface area contributed by atoms with E-state index >= 15 is 4.39 Å². The summed E-state index contributed by atoms with van der Waals surface area (Å²) in [4.78, 5) is 0. The first-order chi connectivity index (χ1) is 12.6. The molecule has 1 aromatic rings. The summed E-state index contributed by atoms with van der Waals surface area (Å²) in [6, 6.07) is 9.04. The molecule has 0 nitrogen and oxygen atoms in total. The molecule has 2 aliphatic carbocycles. The number of hydrogen-bond acceptors (Lipinski definition) is 0. The van der Waals surface area contributed by atoms with E-state index in [0.29, 0.717) is 29.9 Å². The van der Waals surface area contributed by atoms with Crippen LogP contribution in [0.25, 0.3) is 5.57 Å². The first-order valence-electron chi connectivity index (χ1n) is 10.0. The number of halogens is 3. The highest BCUT2D eigenvalue weighted by atomic mass is 19.2. The molecule has 2 atom stereocenters. The molecule has 3 rings (SSSR count). The molecule has 0 amide bonds. The number of rotatable bonds is 6. The van der Waals surface area contributed by atoms with Crippen LogP contribution in [0.2, 0.25) is 0 Å². The van der Waals surface area contributed by atoms with Gasteiger partial charge >= 0.3 is 0 Å². The van der Waals surface area contributed by atoms with Crippen molar-refractivity contribution in [2.24, 2.45) is 11.8 Å². The van der Waals surface area contributed by atoms with Crippen molar-refractivity contribution in [3.8, 4) is 0 Å². The van der Waals surface area contributed by atoms with Crippen molar-refractivity contribution >= 4 is 5.57 Å². The van der Waals surface area contributed by atoms with Crippen LogP contribution in [-0.4, -0.2) is 11.8 Å². The fourth-order valence-corrected chi connectivity index (χ4v) is 4.49.